The number of nitrogens with one attached hydrogen (secondary N) is 2. The molecule has 1 aromatic carbocycles. The second-order valence-corrected chi connectivity index (χ2v) is 5.72. The standard InChI is InChI=1S/C16H20FN3O2/c17-14-3-1-12(2-4-14)15-13(10-19-20-15)9-18-11-16(21)5-7-22-8-6-16/h1-4,10,18,21H,5-9,11H2,(H,19,20). The fourth-order valence-corrected chi connectivity index (χ4v) is 2.67. The number of hydrogen-bond donors (Lipinski definition) is 3. The van der Waals surface area contributed by atoms with E-state index in [9.17, 15) is 9.50 Å². The van der Waals surface area contributed by atoms with E-state index in [-0.39, 0.29) is 5.82 Å². The molecule has 1 aliphatic rings. The highest BCUT2D eigenvalue weighted by Crippen LogP contribution is 2.22. The number of H-pyrrole nitrogens is 1. The zero-order valence-electron chi connectivity index (χ0n) is 12.3. The lowest BCUT2D eigenvalue weighted by Gasteiger charge is -2.32. The smallest absolute Gasteiger partial charge is 0.123 e. The van der Waals surface area contributed by atoms with E-state index in [1.54, 1.807) is 18.3 Å². The van der Waals surface area contributed by atoms with Gasteiger partial charge in [0.05, 0.1) is 17.5 Å². The SMILES string of the molecule is OC1(CNCc2cn[nH]c2-c2ccc(F)cc2)CCOCC1. The quantitative estimate of drug-likeness (QED) is 0.788. The van der Waals surface area contributed by atoms with E-state index in [0.717, 1.165) is 16.8 Å². The summed E-state index contributed by atoms with van der Waals surface area (Å²) in [4.78, 5) is 0. The third-order valence-electron chi connectivity index (χ3n) is 4.04. The van der Waals surface area contributed by atoms with E-state index in [1.807, 2.05) is 0 Å². The molecule has 3 N–H and O–H groups in total. The highest BCUT2D eigenvalue weighted by atomic mass is 19.1. The van der Waals surface area contributed by atoms with E-state index in [4.69, 9.17) is 4.74 Å². The van der Waals surface area contributed by atoms with Crippen LogP contribution in [0.2, 0.25) is 0 Å². The van der Waals surface area contributed by atoms with Crippen molar-refractivity contribution in [1.82, 2.24) is 15.5 Å². The van der Waals surface area contributed by atoms with Crippen LogP contribution in [-0.4, -0.2) is 40.7 Å². The molecule has 2 aromatic rings. The summed E-state index contributed by atoms with van der Waals surface area (Å²) < 4.78 is 18.3. The number of aliphatic hydroxyl groups is 1. The summed E-state index contributed by atoms with van der Waals surface area (Å²) >= 11 is 0. The average Bonchev–Trinajstić information content (AvgIpc) is 2.97. The van der Waals surface area contributed by atoms with Crippen molar-refractivity contribution in [3.8, 4) is 11.3 Å². The predicted molar refractivity (Wildman–Crippen MR) is 80.7 cm³/mol. The number of rotatable bonds is 5. The lowest BCUT2D eigenvalue weighted by atomic mass is 9.94. The molecule has 0 unspecified atom stereocenters. The monoisotopic (exact) mass is 305 g/mol. The Morgan fingerprint density at radius 3 is 2.73 bits per heavy atom. The number of benzene rings is 1. The molecular formula is C16H20FN3O2. The van der Waals surface area contributed by atoms with E-state index >= 15 is 0 Å². The van der Waals surface area contributed by atoms with Gasteiger partial charge < -0.3 is 15.2 Å². The molecule has 118 valence electrons. The topological polar surface area (TPSA) is 70.2 Å². The zero-order chi connectivity index (χ0) is 15.4. The van der Waals surface area contributed by atoms with Crippen LogP contribution in [0, 0.1) is 5.82 Å². The van der Waals surface area contributed by atoms with Crippen molar-refractivity contribution in [2.24, 2.45) is 0 Å². The molecule has 0 bridgehead atoms. The number of aromatic nitrogens is 2. The lowest BCUT2D eigenvalue weighted by Crippen LogP contribution is -2.44. The van der Waals surface area contributed by atoms with E-state index in [0.29, 0.717) is 39.1 Å². The van der Waals surface area contributed by atoms with Gasteiger partial charge in [0.2, 0.25) is 0 Å². The minimum Gasteiger partial charge on any atom is -0.388 e. The molecule has 1 fully saturated rings. The average molecular weight is 305 g/mol. The zero-order valence-corrected chi connectivity index (χ0v) is 12.3. The summed E-state index contributed by atoms with van der Waals surface area (Å²) in [5, 5.41) is 20.7. The first-order valence-electron chi connectivity index (χ1n) is 7.45. The maximum absolute atomic E-state index is 13.0. The minimum atomic E-state index is -0.696. The van der Waals surface area contributed by atoms with Crippen LogP contribution in [0.5, 0.6) is 0 Å². The molecule has 6 heteroatoms. The molecule has 0 spiro atoms. The van der Waals surface area contributed by atoms with Crippen molar-refractivity contribution in [3.05, 3.63) is 41.8 Å². The number of nitrogens with zero attached hydrogens (tertiary/aromatic N) is 1. The van der Waals surface area contributed by atoms with Crippen LogP contribution >= 0.6 is 0 Å². The summed E-state index contributed by atoms with van der Waals surface area (Å²) in [5.74, 6) is -0.260. The fourth-order valence-electron chi connectivity index (χ4n) is 2.67. The molecule has 2 heterocycles. The molecule has 0 radical (unpaired) electrons. The molecule has 1 saturated heterocycles. The van der Waals surface area contributed by atoms with Crippen LogP contribution in [0.25, 0.3) is 11.3 Å². The Hall–Kier alpha value is -1.76. The number of hydrogen-bond acceptors (Lipinski definition) is 4. The van der Waals surface area contributed by atoms with Crippen LogP contribution in [-0.2, 0) is 11.3 Å². The summed E-state index contributed by atoms with van der Waals surface area (Å²) in [6, 6.07) is 6.30. The fraction of sp³-hybridized carbons (Fsp3) is 0.438. The van der Waals surface area contributed by atoms with Gasteiger partial charge in [-0.1, -0.05) is 0 Å². The Labute approximate surface area is 128 Å². The highest BCUT2D eigenvalue weighted by Gasteiger charge is 2.29. The Kier molecular flexibility index (Phi) is 4.52. The number of aromatic amines is 1. The number of ether oxygens (including phenoxy) is 1. The first-order valence-corrected chi connectivity index (χ1v) is 7.45. The van der Waals surface area contributed by atoms with Crippen molar-refractivity contribution in [3.63, 3.8) is 0 Å². The molecule has 3 rings (SSSR count). The third kappa shape index (κ3) is 3.52. The molecular weight excluding hydrogens is 285 g/mol. The minimum absolute atomic E-state index is 0.260. The Bertz CT molecular complexity index is 606. The van der Waals surface area contributed by atoms with Gasteiger partial charge >= 0.3 is 0 Å². The van der Waals surface area contributed by atoms with Gasteiger partial charge in [0.25, 0.3) is 0 Å². The van der Waals surface area contributed by atoms with Crippen molar-refractivity contribution in [2.75, 3.05) is 19.8 Å². The molecule has 0 aliphatic carbocycles. The maximum atomic E-state index is 13.0. The van der Waals surface area contributed by atoms with Crippen LogP contribution in [0.4, 0.5) is 4.39 Å². The molecule has 22 heavy (non-hydrogen) atoms. The van der Waals surface area contributed by atoms with Gasteiger partial charge in [0.15, 0.2) is 0 Å². The Morgan fingerprint density at radius 1 is 1.27 bits per heavy atom. The van der Waals surface area contributed by atoms with Crippen molar-refractivity contribution >= 4 is 0 Å². The van der Waals surface area contributed by atoms with Gasteiger partial charge in [-0.2, -0.15) is 5.10 Å². The molecule has 1 aliphatic heterocycles. The Morgan fingerprint density at radius 2 is 2.00 bits per heavy atom. The predicted octanol–water partition coefficient (Wildman–Crippen LogP) is 1.85. The van der Waals surface area contributed by atoms with Gasteiger partial charge in [-0.25, -0.2) is 4.39 Å². The normalized spacial score (nSPS) is 17.5. The summed E-state index contributed by atoms with van der Waals surface area (Å²) in [7, 11) is 0. The summed E-state index contributed by atoms with van der Waals surface area (Å²) in [6.07, 6.45) is 3.05. The second-order valence-electron chi connectivity index (χ2n) is 5.72. The molecule has 0 amide bonds. The molecule has 0 saturated carbocycles. The second kappa shape index (κ2) is 6.56. The van der Waals surface area contributed by atoms with E-state index in [1.165, 1.54) is 12.1 Å². The molecule has 5 nitrogen and oxygen atoms in total. The largest absolute Gasteiger partial charge is 0.388 e. The van der Waals surface area contributed by atoms with Crippen LogP contribution in [0.1, 0.15) is 18.4 Å². The van der Waals surface area contributed by atoms with E-state index < -0.39 is 5.60 Å². The highest BCUT2D eigenvalue weighted by molar-refractivity contribution is 5.62. The first kappa shape index (κ1) is 15.1. The summed E-state index contributed by atoms with van der Waals surface area (Å²) in [5.41, 5.74) is 2.05. The van der Waals surface area contributed by atoms with Gasteiger partial charge in [0, 0.05) is 50.3 Å². The molecule has 0 atom stereocenters. The van der Waals surface area contributed by atoms with Crippen LogP contribution < -0.4 is 5.32 Å². The first-order chi connectivity index (χ1) is 10.7. The van der Waals surface area contributed by atoms with Crippen LogP contribution in [0.15, 0.2) is 30.5 Å². The lowest BCUT2D eigenvalue weighted by molar-refractivity contribution is -0.0616. The van der Waals surface area contributed by atoms with Crippen molar-refractivity contribution in [1.29, 1.82) is 0 Å². The Balaban J connectivity index is 1.62. The van der Waals surface area contributed by atoms with Gasteiger partial charge in [0.1, 0.15) is 5.82 Å². The van der Waals surface area contributed by atoms with Gasteiger partial charge in [-0.05, 0) is 24.3 Å². The number of halogens is 1. The third-order valence-corrected chi connectivity index (χ3v) is 4.04. The van der Waals surface area contributed by atoms with E-state index in [2.05, 4.69) is 15.5 Å². The van der Waals surface area contributed by atoms with Crippen molar-refractivity contribution in [2.45, 2.75) is 25.0 Å². The van der Waals surface area contributed by atoms with Gasteiger partial charge in [-0.3, -0.25) is 5.10 Å². The maximum Gasteiger partial charge on any atom is 0.123 e. The van der Waals surface area contributed by atoms with Crippen molar-refractivity contribution < 1.29 is 14.2 Å². The molecule has 1 aromatic heterocycles. The van der Waals surface area contributed by atoms with Gasteiger partial charge in [-0.15, -0.1) is 0 Å². The summed E-state index contributed by atoms with van der Waals surface area (Å²) in [6.45, 7) is 2.31. The van der Waals surface area contributed by atoms with Crippen LogP contribution in [0.3, 0.4) is 0 Å².